The molecule has 4 N–H and O–H groups in total. The van der Waals surface area contributed by atoms with Crippen LogP contribution in [0, 0.1) is 0 Å². The molecule has 1 aromatic rings. The van der Waals surface area contributed by atoms with Crippen LogP contribution in [0.15, 0.2) is 24.3 Å². The van der Waals surface area contributed by atoms with Gasteiger partial charge in [0.1, 0.15) is 13.2 Å². The van der Waals surface area contributed by atoms with E-state index in [2.05, 4.69) is 10.6 Å². The van der Waals surface area contributed by atoms with Crippen LogP contribution >= 0.6 is 9.24 Å². The number of likely N-dealkylation sites (tertiary alicyclic amines) is 1. The van der Waals surface area contributed by atoms with Gasteiger partial charge in [-0.25, -0.2) is 0 Å². The summed E-state index contributed by atoms with van der Waals surface area (Å²) in [4.78, 5) is 59.3. The van der Waals surface area contributed by atoms with Gasteiger partial charge in [-0.05, 0) is 43.4 Å². The molecule has 0 spiro atoms. The second-order valence-electron chi connectivity index (χ2n) is 7.86. The van der Waals surface area contributed by atoms with E-state index in [4.69, 9.17) is 9.94 Å². The van der Waals surface area contributed by atoms with Gasteiger partial charge < -0.3 is 20.6 Å². The minimum atomic E-state index is -0.634. The van der Waals surface area contributed by atoms with Crippen molar-refractivity contribution in [3.8, 4) is 0 Å². The first kappa shape index (κ1) is 27.5. The third-order valence-corrected chi connectivity index (χ3v) is 5.63. The van der Waals surface area contributed by atoms with Crippen LogP contribution in [0.3, 0.4) is 0 Å². The van der Waals surface area contributed by atoms with E-state index in [0.29, 0.717) is 50.9 Å². The molecule has 0 saturated carbocycles. The highest BCUT2D eigenvalue weighted by molar-refractivity contribution is 7.40. The summed E-state index contributed by atoms with van der Waals surface area (Å²) in [6, 6.07) is 6.37. The number of amides is 4. The van der Waals surface area contributed by atoms with Crippen molar-refractivity contribution in [1.29, 1.82) is 0 Å². The van der Waals surface area contributed by atoms with Gasteiger partial charge in [0.05, 0.1) is 6.04 Å². The Hall–Kier alpha value is -2.72. The molecule has 1 aliphatic rings. The molecule has 4 amide bonds. The summed E-state index contributed by atoms with van der Waals surface area (Å²) in [5.41, 5.74) is 3.18. The molecule has 12 heteroatoms. The molecule has 2 atom stereocenters. The predicted octanol–water partition coefficient (Wildman–Crippen LogP) is 0.369. The largest absolute Gasteiger partial charge is 0.362 e. The average molecular weight is 494 g/mol. The number of ether oxygens (including phenoxy) is 1. The zero-order valence-corrected chi connectivity index (χ0v) is 20.0. The monoisotopic (exact) mass is 494 g/mol. The summed E-state index contributed by atoms with van der Waals surface area (Å²) in [6.45, 7) is 0.347. The summed E-state index contributed by atoms with van der Waals surface area (Å²) in [5, 5.41) is 14.2. The minimum absolute atomic E-state index is 0.127. The number of hydroxylamine groups is 1. The number of anilines is 1. The zero-order chi connectivity index (χ0) is 24.9. The Kier molecular flexibility index (Phi) is 11.8. The fourth-order valence-electron chi connectivity index (χ4n) is 3.18. The van der Waals surface area contributed by atoms with Crippen molar-refractivity contribution >= 4 is 44.1 Å². The SMILES string of the molecule is O=C(COCC(=O)Nc1ccc(CCC(=O)N2CCC2=O)cc1)NCCCC[C@H](NO)C(=O)P. The molecule has 0 radical (unpaired) electrons. The van der Waals surface area contributed by atoms with Gasteiger partial charge in [0.15, 0.2) is 5.52 Å². The van der Waals surface area contributed by atoms with Crippen LogP contribution < -0.4 is 16.1 Å². The first-order valence-corrected chi connectivity index (χ1v) is 11.6. The lowest BCUT2D eigenvalue weighted by molar-refractivity contribution is -0.152. The third kappa shape index (κ3) is 9.64. The average Bonchev–Trinajstić information content (AvgIpc) is 2.79. The van der Waals surface area contributed by atoms with Gasteiger partial charge >= 0.3 is 0 Å². The van der Waals surface area contributed by atoms with Gasteiger partial charge in [0, 0.05) is 31.6 Å². The van der Waals surface area contributed by atoms with Crippen molar-refractivity contribution in [2.45, 2.75) is 44.6 Å². The molecule has 1 saturated heterocycles. The Morgan fingerprint density at radius 3 is 2.38 bits per heavy atom. The number of nitrogens with zero attached hydrogens (tertiary/aromatic N) is 1. The van der Waals surface area contributed by atoms with Crippen molar-refractivity contribution in [1.82, 2.24) is 15.7 Å². The second kappa shape index (κ2) is 14.5. The van der Waals surface area contributed by atoms with Gasteiger partial charge in [-0.15, -0.1) is 0 Å². The van der Waals surface area contributed by atoms with Crippen molar-refractivity contribution in [2.24, 2.45) is 0 Å². The Morgan fingerprint density at radius 2 is 1.79 bits per heavy atom. The molecule has 0 bridgehead atoms. The Balaban J connectivity index is 1.55. The summed E-state index contributed by atoms with van der Waals surface area (Å²) < 4.78 is 5.13. The Bertz CT molecular complexity index is 879. The predicted molar refractivity (Wildman–Crippen MR) is 126 cm³/mol. The molecule has 1 fully saturated rings. The van der Waals surface area contributed by atoms with Crippen LogP contribution in [0.2, 0.25) is 0 Å². The highest BCUT2D eigenvalue weighted by Gasteiger charge is 2.29. The first-order chi connectivity index (χ1) is 16.3. The van der Waals surface area contributed by atoms with E-state index >= 15 is 0 Å². The van der Waals surface area contributed by atoms with Crippen molar-refractivity contribution in [3.05, 3.63) is 29.8 Å². The molecule has 11 nitrogen and oxygen atoms in total. The van der Waals surface area contributed by atoms with Gasteiger partial charge in [0.25, 0.3) is 0 Å². The quantitative estimate of drug-likeness (QED) is 0.118. The van der Waals surface area contributed by atoms with E-state index in [-0.39, 0.29) is 42.9 Å². The number of carbonyl (C=O) groups excluding carboxylic acids is 5. The van der Waals surface area contributed by atoms with Crippen molar-refractivity contribution in [3.63, 3.8) is 0 Å². The number of hydrogen-bond acceptors (Lipinski definition) is 8. The maximum absolute atomic E-state index is 12.0. The van der Waals surface area contributed by atoms with Crippen LogP contribution in [0.5, 0.6) is 0 Å². The number of aryl methyl sites for hydroxylation is 1. The summed E-state index contributed by atoms with van der Waals surface area (Å²) >= 11 is 0. The lowest BCUT2D eigenvalue weighted by Gasteiger charge is -2.28. The van der Waals surface area contributed by atoms with Crippen LogP contribution in [0.25, 0.3) is 0 Å². The first-order valence-electron chi connectivity index (χ1n) is 11.1. The number of imide groups is 1. The zero-order valence-electron chi connectivity index (χ0n) is 18.9. The number of unbranched alkanes of at least 4 members (excludes halogenated alkanes) is 1. The smallest absolute Gasteiger partial charge is 0.250 e. The van der Waals surface area contributed by atoms with E-state index in [0.717, 1.165) is 5.56 Å². The highest BCUT2D eigenvalue weighted by Crippen LogP contribution is 2.14. The van der Waals surface area contributed by atoms with Gasteiger partial charge in [-0.1, -0.05) is 21.4 Å². The second-order valence-corrected chi connectivity index (χ2v) is 8.43. The minimum Gasteiger partial charge on any atom is -0.362 e. The molecular formula is C22H31N4O7P. The van der Waals surface area contributed by atoms with Crippen LogP contribution in [-0.4, -0.2) is 71.6 Å². The molecule has 1 aromatic carbocycles. The molecular weight excluding hydrogens is 463 g/mol. The molecule has 2 rings (SSSR count). The van der Waals surface area contributed by atoms with E-state index in [1.165, 1.54) is 4.90 Å². The lowest BCUT2D eigenvalue weighted by Crippen LogP contribution is -2.47. The number of hydrogen-bond donors (Lipinski definition) is 4. The number of nitrogens with one attached hydrogen (secondary N) is 3. The topological polar surface area (TPSA) is 154 Å². The molecule has 34 heavy (non-hydrogen) atoms. The molecule has 1 heterocycles. The molecule has 186 valence electrons. The fourth-order valence-corrected chi connectivity index (χ4v) is 3.42. The summed E-state index contributed by atoms with van der Waals surface area (Å²) in [6.07, 6.45) is 2.90. The van der Waals surface area contributed by atoms with Crippen LogP contribution in [0.1, 0.15) is 37.7 Å². The standard InChI is InChI=1S/C22H31N4O7P/c27-18(23-11-2-1-3-17(25-32)22(31)34)13-33-14-19(28)24-16-7-4-15(5-8-16)6-9-20(29)26-12-10-21(26)30/h4-5,7-8,17,25,32H,1-3,6,9-14,34H2,(H,23,27)(H,24,28)/t17-/m0/s1. The molecule has 0 aromatic heterocycles. The van der Waals surface area contributed by atoms with Crippen molar-refractivity contribution < 1.29 is 33.9 Å². The molecule has 0 aliphatic carbocycles. The third-order valence-electron chi connectivity index (χ3n) is 5.22. The maximum atomic E-state index is 12.0. The van der Waals surface area contributed by atoms with Crippen LogP contribution in [0.4, 0.5) is 5.69 Å². The van der Waals surface area contributed by atoms with E-state index in [1.807, 2.05) is 14.7 Å². The molecule has 1 aliphatic heterocycles. The van der Waals surface area contributed by atoms with Gasteiger partial charge in [0.2, 0.25) is 23.6 Å². The summed E-state index contributed by atoms with van der Waals surface area (Å²) in [7, 11) is 2.01. The highest BCUT2D eigenvalue weighted by atomic mass is 31.0. The fraction of sp³-hybridized carbons (Fsp3) is 0.500. The Labute approximate surface area is 200 Å². The van der Waals surface area contributed by atoms with E-state index in [9.17, 15) is 24.0 Å². The maximum Gasteiger partial charge on any atom is 0.250 e. The number of benzene rings is 1. The van der Waals surface area contributed by atoms with Gasteiger partial charge in [-0.3, -0.25) is 28.9 Å². The normalized spacial score (nSPS) is 13.7. The van der Waals surface area contributed by atoms with E-state index < -0.39 is 11.9 Å². The number of rotatable bonds is 15. The number of β-lactam (4-membered cyclic amide) rings is 1. The number of carbonyl (C=O) groups is 5. The Morgan fingerprint density at radius 1 is 1.09 bits per heavy atom. The van der Waals surface area contributed by atoms with Gasteiger partial charge in [-0.2, -0.15) is 5.48 Å². The van der Waals surface area contributed by atoms with Crippen LogP contribution in [-0.2, 0) is 35.1 Å². The van der Waals surface area contributed by atoms with E-state index in [1.54, 1.807) is 24.3 Å². The summed E-state index contributed by atoms with van der Waals surface area (Å²) in [5.74, 6) is -1.06. The van der Waals surface area contributed by atoms with Crippen molar-refractivity contribution in [2.75, 3.05) is 31.6 Å². The molecule has 1 unspecified atom stereocenters. The lowest BCUT2D eigenvalue weighted by atomic mass is 10.1.